The number of rotatable bonds is 9. The molecular formula is C24H24N4O2S2. The van der Waals surface area contributed by atoms with Crippen molar-refractivity contribution in [3.8, 4) is 22.8 Å². The second-order valence-electron chi connectivity index (χ2n) is 7.05. The molecular weight excluding hydrogens is 440 g/mol. The van der Waals surface area contributed by atoms with Crippen molar-refractivity contribution in [3.05, 3.63) is 77.0 Å². The highest BCUT2D eigenvalue weighted by Gasteiger charge is 2.18. The van der Waals surface area contributed by atoms with E-state index in [0.717, 1.165) is 27.7 Å². The van der Waals surface area contributed by atoms with Gasteiger partial charge in [0, 0.05) is 23.2 Å². The van der Waals surface area contributed by atoms with Gasteiger partial charge in [-0.15, -0.1) is 21.5 Å². The average Bonchev–Trinajstić information content (AvgIpc) is 3.49. The van der Waals surface area contributed by atoms with Gasteiger partial charge in [-0.3, -0.25) is 9.36 Å². The van der Waals surface area contributed by atoms with Gasteiger partial charge < -0.3 is 9.64 Å². The van der Waals surface area contributed by atoms with Crippen LogP contribution in [0.5, 0.6) is 5.75 Å². The van der Waals surface area contributed by atoms with Gasteiger partial charge in [-0.1, -0.05) is 48.2 Å². The van der Waals surface area contributed by atoms with Crippen molar-refractivity contribution < 1.29 is 9.53 Å². The molecule has 8 heteroatoms. The van der Waals surface area contributed by atoms with E-state index < -0.39 is 0 Å². The average molecular weight is 465 g/mol. The van der Waals surface area contributed by atoms with Crippen molar-refractivity contribution in [3.63, 3.8) is 0 Å². The van der Waals surface area contributed by atoms with Crippen LogP contribution in [0.25, 0.3) is 17.1 Å². The first-order valence-electron chi connectivity index (χ1n) is 10.3. The summed E-state index contributed by atoms with van der Waals surface area (Å²) < 4.78 is 7.56. The molecule has 0 saturated heterocycles. The van der Waals surface area contributed by atoms with Crippen LogP contribution in [0.4, 0.5) is 0 Å². The van der Waals surface area contributed by atoms with Crippen LogP contribution in [-0.2, 0) is 11.3 Å². The van der Waals surface area contributed by atoms with Crippen molar-refractivity contribution in [1.82, 2.24) is 19.7 Å². The Hall–Kier alpha value is -3.10. The minimum absolute atomic E-state index is 0.0471. The first-order valence-corrected chi connectivity index (χ1v) is 12.2. The molecule has 0 aliphatic rings. The van der Waals surface area contributed by atoms with Crippen molar-refractivity contribution in [2.24, 2.45) is 0 Å². The highest BCUT2D eigenvalue weighted by Crippen LogP contribution is 2.29. The number of hydrogen-bond donors (Lipinski definition) is 0. The number of ether oxygens (including phenoxy) is 1. The molecule has 0 aliphatic carbocycles. The molecule has 0 atom stereocenters. The van der Waals surface area contributed by atoms with Crippen LogP contribution < -0.4 is 4.74 Å². The Morgan fingerprint density at radius 1 is 1.06 bits per heavy atom. The van der Waals surface area contributed by atoms with Gasteiger partial charge in [0.05, 0.1) is 18.9 Å². The highest BCUT2D eigenvalue weighted by atomic mass is 32.2. The number of thioether (sulfide) groups is 1. The number of carbonyl (C=O) groups is 1. The lowest BCUT2D eigenvalue weighted by Crippen LogP contribution is -2.27. The third kappa shape index (κ3) is 5.20. The van der Waals surface area contributed by atoms with Gasteiger partial charge in [0.15, 0.2) is 11.0 Å². The molecule has 0 radical (unpaired) electrons. The molecule has 6 nitrogen and oxygen atoms in total. The number of carbonyl (C=O) groups excluding carboxylic acids is 1. The predicted molar refractivity (Wildman–Crippen MR) is 129 cm³/mol. The van der Waals surface area contributed by atoms with Gasteiger partial charge in [0.1, 0.15) is 5.75 Å². The molecule has 1 amide bonds. The summed E-state index contributed by atoms with van der Waals surface area (Å²) in [4.78, 5) is 15.6. The maximum atomic E-state index is 12.7. The minimum atomic E-state index is 0.0471. The molecule has 2 aromatic carbocycles. The zero-order chi connectivity index (χ0) is 22.3. The fourth-order valence-corrected chi connectivity index (χ4v) is 4.84. The number of nitrogens with zero attached hydrogens (tertiary/aromatic N) is 4. The molecule has 2 heterocycles. The first kappa shape index (κ1) is 22.1. The van der Waals surface area contributed by atoms with Crippen LogP contribution in [0.15, 0.2) is 77.3 Å². The summed E-state index contributed by atoms with van der Waals surface area (Å²) in [6.45, 7) is 3.18. The molecule has 2 aromatic heterocycles. The Kier molecular flexibility index (Phi) is 7.24. The van der Waals surface area contributed by atoms with E-state index in [-0.39, 0.29) is 11.7 Å². The van der Waals surface area contributed by atoms with Crippen molar-refractivity contribution in [2.75, 3.05) is 19.4 Å². The normalized spacial score (nSPS) is 10.8. The van der Waals surface area contributed by atoms with Crippen LogP contribution in [0.2, 0.25) is 0 Å². The van der Waals surface area contributed by atoms with Crippen LogP contribution >= 0.6 is 23.1 Å². The second-order valence-corrected chi connectivity index (χ2v) is 9.03. The van der Waals surface area contributed by atoms with Gasteiger partial charge in [0.25, 0.3) is 0 Å². The number of amides is 1. The summed E-state index contributed by atoms with van der Waals surface area (Å²) in [6.07, 6.45) is 0. The summed E-state index contributed by atoms with van der Waals surface area (Å²) in [5.74, 6) is 1.87. The van der Waals surface area contributed by atoms with Gasteiger partial charge >= 0.3 is 0 Å². The molecule has 4 rings (SSSR count). The number of hydrogen-bond acceptors (Lipinski definition) is 6. The van der Waals surface area contributed by atoms with Crippen LogP contribution in [-0.4, -0.2) is 45.0 Å². The van der Waals surface area contributed by atoms with Gasteiger partial charge in [0.2, 0.25) is 5.91 Å². The Morgan fingerprint density at radius 2 is 1.84 bits per heavy atom. The van der Waals surface area contributed by atoms with Gasteiger partial charge in [-0.2, -0.15) is 0 Å². The molecule has 164 valence electrons. The summed E-state index contributed by atoms with van der Waals surface area (Å²) in [6, 6.07) is 21.8. The number of benzene rings is 2. The molecule has 0 aliphatic heterocycles. The predicted octanol–water partition coefficient (Wildman–Crippen LogP) is 5.15. The number of thiophene rings is 1. The summed E-state index contributed by atoms with van der Waals surface area (Å²) in [7, 11) is 1.83. The number of aromatic nitrogens is 3. The molecule has 0 unspecified atom stereocenters. The van der Waals surface area contributed by atoms with E-state index in [2.05, 4.69) is 10.2 Å². The van der Waals surface area contributed by atoms with Crippen LogP contribution in [0.3, 0.4) is 0 Å². The molecule has 0 bridgehead atoms. The topological polar surface area (TPSA) is 60.2 Å². The van der Waals surface area contributed by atoms with E-state index in [4.69, 9.17) is 4.74 Å². The fraction of sp³-hybridized carbons (Fsp3) is 0.208. The summed E-state index contributed by atoms with van der Waals surface area (Å²) in [5, 5.41) is 11.5. The monoisotopic (exact) mass is 464 g/mol. The van der Waals surface area contributed by atoms with E-state index in [1.165, 1.54) is 11.8 Å². The van der Waals surface area contributed by atoms with Gasteiger partial charge in [-0.25, -0.2) is 0 Å². The SMILES string of the molecule is CCOc1ccc(-n2c(SCC(=O)N(C)Cc3cccs3)nnc2-c2ccccc2)cc1. The third-order valence-corrected chi connectivity index (χ3v) is 6.57. The lowest BCUT2D eigenvalue weighted by atomic mass is 10.2. The third-order valence-electron chi connectivity index (χ3n) is 4.79. The fourth-order valence-electron chi connectivity index (χ4n) is 3.19. The Bertz CT molecular complexity index is 1140. The highest BCUT2D eigenvalue weighted by molar-refractivity contribution is 7.99. The Balaban J connectivity index is 1.57. The van der Waals surface area contributed by atoms with E-state index in [1.807, 2.05) is 90.6 Å². The summed E-state index contributed by atoms with van der Waals surface area (Å²) >= 11 is 3.04. The van der Waals surface area contributed by atoms with E-state index in [1.54, 1.807) is 16.2 Å². The molecule has 0 spiro atoms. The van der Waals surface area contributed by atoms with Crippen LogP contribution in [0, 0.1) is 0 Å². The maximum absolute atomic E-state index is 12.7. The van der Waals surface area contributed by atoms with E-state index in [0.29, 0.717) is 18.3 Å². The minimum Gasteiger partial charge on any atom is -0.494 e. The molecule has 32 heavy (non-hydrogen) atoms. The van der Waals surface area contributed by atoms with Crippen molar-refractivity contribution in [2.45, 2.75) is 18.6 Å². The quantitative estimate of drug-likeness (QED) is 0.321. The maximum Gasteiger partial charge on any atom is 0.233 e. The van der Waals surface area contributed by atoms with E-state index >= 15 is 0 Å². The summed E-state index contributed by atoms with van der Waals surface area (Å²) in [5.41, 5.74) is 1.88. The molecule has 0 N–H and O–H groups in total. The van der Waals surface area contributed by atoms with Crippen molar-refractivity contribution >= 4 is 29.0 Å². The molecule has 0 saturated carbocycles. The second kappa shape index (κ2) is 10.5. The molecule has 4 aromatic rings. The first-order chi connectivity index (χ1) is 15.7. The van der Waals surface area contributed by atoms with Crippen LogP contribution in [0.1, 0.15) is 11.8 Å². The molecule has 0 fully saturated rings. The smallest absolute Gasteiger partial charge is 0.233 e. The zero-order valence-corrected chi connectivity index (χ0v) is 19.6. The Morgan fingerprint density at radius 3 is 2.53 bits per heavy atom. The Labute approximate surface area is 195 Å². The van der Waals surface area contributed by atoms with Crippen molar-refractivity contribution in [1.29, 1.82) is 0 Å². The van der Waals surface area contributed by atoms with E-state index in [9.17, 15) is 4.79 Å². The lowest BCUT2D eigenvalue weighted by Gasteiger charge is -2.16. The zero-order valence-electron chi connectivity index (χ0n) is 18.0. The largest absolute Gasteiger partial charge is 0.494 e. The lowest BCUT2D eigenvalue weighted by molar-refractivity contribution is -0.127. The van der Waals surface area contributed by atoms with Gasteiger partial charge in [-0.05, 0) is 42.6 Å². The standard InChI is InChI=1S/C24H24N4O2S2/c1-3-30-20-13-11-19(12-14-20)28-23(18-8-5-4-6-9-18)25-26-24(28)32-17-22(29)27(2)16-21-10-7-15-31-21/h4-15H,3,16-17H2,1-2H3.